The summed E-state index contributed by atoms with van der Waals surface area (Å²) in [5, 5.41) is 10.3. The van der Waals surface area contributed by atoms with Crippen molar-refractivity contribution in [3.8, 4) is 0 Å². The molecule has 0 aromatic carbocycles. The number of carbonyl (C=O) groups excluding carboxylic acids is 1. The molecule has 1 saturated heterocycles. The molecule has 3 heteroatoms. The molecule has 1 fully saturated rings. The maximum atomic E-state index is 11.5. The number of hydrogen-bond donors (Lipinski definition) is 2. The van der Waals surface area contributed by atoms with E-state index >= 15 is 0 Å². The zero-order valence-electron chi connectivity index (χ0n) is 10.5. The second-order valence-corrected chi connectivity index (χ2v) is 4.47. The van der Waals surface area contributed by atoms with Gasteiger partial charge in [-0.15, -0.1) is 0 Å². The van der Waals surface area contributed by atoms with Gasteiger partial charge in [-0.05, 0) is 17.9 Å². The van der Waals surface area contributed by atoms with Gasteiger partial charge in [-0.2, -0.15) is 0 Å². The van der Waals surface area contributed by atoms with Gasteiger partial charge in [0, 0.05) is 11.6 Å². The molecule has 0 bridgehead atoms. The molecule has 1 amide bonds. The van der Waals surface area contributed by atoms with Crippen LogP contribution in [0.3, 0.4) is 0 Å². The SMILES string of the molecule is C=C1NC(=O)C(=N)C(C/C=C\C(C)CC)C1=C. The number of nitrogens with one attached hydrogen (secondary N) is 2. The summed E-state index contributed by atoms with van der Waals surface area (Å²) in [4.78, 5) is 11.5. The highest BCUT2D eigenvalue weighted by atomic mass is 16.2. The molecule has 0 spiro atoms. The van der Waals surface area contributed by atoms with E-state index in [1.54, 1.807) is 0 Å². The zero-order valence-corrected chi connectivity index (χ0v) is 10.5. The summed E-state index contributed by atoms with van der Waals surface area (Å²) in [6.45, 7) is 11.9. The molecule has 3 nitrogen and oxygen atoms in total. The molecule has 0 aromatic rings. The molecule has 1 aliphatic rings. The lowest BCUT2D eigenvalue weighted by Crippen LogP contribution is -2.41. The van der Waals surface area contributed by atoms with Crippen molar-refractivity contribution in [2.75, 3.05) is 0 Å². The highest BCUT2D eigenvalue weighted by Crippen LogP contribution is 2.25. The first kappa shape index (κ1) is 13.4. The molecule has 0 radical (unpaired) electrons. The molecule has 1 heterocycles. The minimum Gasteiger partial charge on any atom is -0.321 e. The second-order valence-electron chi connectivity index (χ2n) is 4.47. The average molecular weight is 232 g/mol. The predicted molar refractivity (Wildman–Crippen MR) is 70.9 cm³/mol. The Balaban J connectivity index is 2.70. The number of rotatable bonds is 4. The van der Waals surface area contributed by atoms with E-state index in [1.165, 1.54) is 0 Å². The first-order valence-electron chi connectivity index (χ1n) is 5.91. The molecule has 17 heavy (non-hydrogen) atoms. The van der Waals surface area contributed by atoms with Crippen LogP contribution in [0.25, 0.3) is 0 Å². The van der Waals surface area contributed by atoms with Crippen molar-refractivity contribution in [3.05, 3.63) is 36.6 Å². The van der Waals surface area contributed by atoms with Crippen molar-refractivity contribution in [1.82, 2.24) is 5.32 Å². The van der Waals surface area contributed by atoms with Gasteiger partial charge < -0.3 is 5.32 Å². The smallest absolute Gasteiger partial charge is 0.269 e. The first-order valence-corrected chi connectivity index (χ1v) is 5.91. The van der Waals surface area contributed by atoms with Crippen LogP contribution < -0.4 is 5.32 Å². The molecular formula is C14H20N2O. The molecular weight excluding hydrogens is 212 g/mol. The monoisotopic (exact) mass is 232 g/mol. The third kappa shape index (κ3) is 3.16. The largest absolute Gasteiger partial charge is 0.321 e. The maximum Gasteiger partial charge on any atom is 0.269 e. The molecule has 2 unspecified atom stereocenters. The Bertz CT molecular complexity index is 367. The van der Waals surface area contributed by atoms with Crippen LogP contribution in [0, 0.1) is 17.2 Å². The molecule has 92 valence electrons. The summed E-state index contributed by atoms with van der Waals surface area (Å²) >= 11 is 0. The number of carbonyl (C=O) groups is 1. The minimum atomic E-state index is -0.357. The fraction of sp³-hybridized carbons (Fsp3) is 0.429. The fourth-order valence-corrected chi connectivity index (χ4v) is 1.67. The predicted octanol–water partition coefficient (Wildman–Crippen LogP) is 2.81. The van der Waals surface area contributed by atoms with Gasteiger partial charge in [-0.1, -0.05) is 45.6 Å². The minimum absolute atomic E-state index is 0.0798. The summed E-state index contributed by atoms with van der Waals surface area (Å²) < 4.78 is 0. The van der Waals surface area contributed by atoms with Gasteiger partial charge >= 0.3 is 0 Å². The first-order chi connectivity index (χ1) is 7.97. The van der Waals surface area contributed by atoms with E-state index < -0.39 is 0 Å². The lowest BCUT2D eigenvalue weighted by atomic mass is 9.86. The van der Waals surface area contributed by atoms with Crippen LogP contribution in [0.2, 0.25) is 0 Å². The van der Waals surface area contributed by atoms with Gasteiger partial charge in [0.05, 0.1) is 0 Å². The van der Waals surface area contributed by atoms with E-state index in [9.17, 15) is 4.79 Å². The molecule has 0 aliphatic carbocycles. The van der Waals surface area contributed by atoms with Gasteiger partial charge in [0.1, 0.15) is 5.71 Å². The van der Waals surface area contributed by atoms with Gasteiger partial charge in [0.2, 0.25) is 0 Å². The van der Waals surface area contributed by atoms with E-state index in [0.29, 0.717) is 18.0 Å². The third-order valence-corrected chi connectivity index (χ3v) is 3.15. The van der Waals surface area contributed by atoms with Crippen molar-refractivity contribution in [3.63, 3.8) is 0 Å². The van der Waals surface area contributed by atoms with Crippen molar-refractivity contribution >= 4 is 11.6 Å². The summed E-state index contributed by atoms with van der Waals surface area (Å²) in [5.41, 5.74) is 1.35. The Kier molecular flexibility index (Phi) is 4.44. The van der Waals surface area contributed by atoms with Crippen LogP contribution in [0.4, 0.5) is 0 Å². The van der Waals surface area contributed by atoms with Crippen LogP contribution in [-0.2, 0) is 4.79 Å². The second kappa shape index (κ2) is 5.62. The Hall–Kier alpha value is -1.64. The Morgan fingerprint density at radius 1 is 1.53 bits per heavy atom. The quantitative estimate of drug-likeness (QED) is 0.719. The Morgan fingerprint density at radius 3 is 2.76 bits per heavy atom. The van der Waals surface area contributed by atoms with E-state index in [-0.39, 0.29) is 17.5 Å². The van der Waals surface area contributed by atoms with Crippen LogP contribution >= 0.6 is 0 Å². The molecule has 1 aliphatic heterocycles. The highest BCUT2D eigenvalue weighted by molar-refractivity contribution is 6.40. The van der Waals surface area contributed by atoms with Crippen LogP contribution in [0.15, 0.2) is 36.6 Å². The number of allylic oxidation sites excluding steroid dienone is 3. The fourth-order valence-electron chi connectivity index (χ4n) is 1.67. The number of hydrogen-bond acceptors (Lipinski definition) is 2. The van der Waals surface area contributed by atoms with E-state index in [1.807, 2.05) is 6.08 Å². The summed E-state index contributed by atoms with van der Waals surface area (Å²) in [5.74, 6) is -0.0565. The summed E-state index contributed by atoms with van der Waals surface area (Å²) in [6.07, 6.45) is 5.89. The summed E-state index contributed by atoms with van der Waals surface area (Å²) in [7, 11) is 0. The normalized spacial score (nSPS) is 23.1. The lowest BCUT2D eigenvalue weighted by Gasteiger charge is -2.26. The zero-order chi connectivity index (χ0) is 13.0. The standard InChI is InChI=1S/C14H20N2O/c1-5-9(2)7-6-8-12-10(3)11(4)16-14(17)13(12)15/h6-7,9,12,15H,3-5,8H2,1-2H3,(H,16,17)/b7-6-,15-13?. The van der Waals surface area contributed by atoms with Crippen molar-refractivity contribution in [1.29, 1.82) is 5.41 Å². The highest BCUT2D eigenvalue weighted by Gasteiger charge is 2.29. The van der Waals surface area contributed by atoms with Gasteiger partial charge in [0.15, 0.2) is 0 Å². The van der Waals surface area contributed by atoms with Crippen molar-refractivity contribution in [2.45, 2.75) is 26.7 Å². The Labute approximate surface area is 103 Å². The van der Waals surface area contributed by atoms with E-state index in [0.717, 1.165) is 12.0 Å². The Morgan fingerprint density at radius 2 is 2.18 bits per heavy atom. The van der Waals surface area contributed by atoms with E-state index in [4.69, 9.17) is 5.41 Å². The third-order valence-electron chi connectivity index (χ3n) is 3.15. The van der Waals surface area contributed by atoms with E-state index in [2.05, 4.69) is 38.4 Å². The molecule has 2 atom stereocenters. The van der Waals surface area contributed by atoms with Crippen LogP contribution in [0.1, 0.15) is 26.7 Å². The molecule has 1 rings (SSSR count). The average Bonchev–Trinajstić information content (AvgIpc) is 2.30. The van der Waals surface area contributed by atoms with Crippen molar-refractivity contribution in [2.24, 2.45) is 11.8 Å². The van der Waals surface area contributed by atoms with Gasteiger partial charge in [-0.3, -0.25) is 10.2 Å². The van der Waals surface area contributed by atoms with Gasteiger partial charge in [-0.25, -0.2) is 0 Å². The van der Waals surface area contributed by atoms with Gasteiger partial charge in [0.25, 0.3) is 5.91 Å². The number of piperidine rings is 1. The molecule has 0 saturated carbocycles. The maximum absolute atomic E-state index is 11.5. The molecule has 0 aromatic heterocycles. The summed E-state index contributed by atoms with van der Waals surface area (Å²) in [6, 6.07) is 0. The van der Waals surface area contributed by atoms with Crippen LogP contribution in [0.5, 0.6) is 0 Å². The topological polar surface area (TPSA) is 53.0 Å². The lowest BCUT2D eigenvalue weighted by molar-refractivity contribution is -0.114. The van der Waals surface area contributed by atoms with Crippen molar-refractivity contribution < 1.29 is 4.79 Å². The van der Waals surface area contributed by atoms with Crippen LogP contribution in [-0.4, -0.2) is 11.6 Å². The number of amides is 1. The molecule has 2 N–H and O–H groups in total.